The fourth-order valence-electron chi connectivity index (χ4n) is 8.72. The number of rotatable bonds is 3. The van der Waals surface area contributed by atoms with Crippen LogP contribution in [0.1, 0.15) is 0 Å². The molecule has 53 heavy (non-hydrogen) atoms. The van der Waals surface area contributed by atoms with Gasteiger partial charge < -0.3 is 13.7 Å². The Morgan fingerprint density at radius 1 is 0.283 bits per heavy atom. The van der Waals surface area contributed by atoms with Crippen LogP contribution in [0.3, 0.4) is 0 Å². The van der Waals surface area contributed by atoms with Gasteiger partial charge in [-0.1, -0.05) is 115 Å². The first-order valence-electron chi connectivity index (χ1n) is 18.1. The lowest BCUT2D eigenvalue weighted by Gasteiger charge is -2.27. The largest absolute Gasteiger partial charge is 0.456 e. The second-order valence-electron chi connectivity index (χ2n) is 14.1. The summed E-state index contributed by atoms with van der Waals surface area (Å²) in [6, 6.07) is 63.4. The Labute approximate surface area is 303 Å². The molecule has 246 valence electrons. The molecule has 2 aromatic heterocycles. The number of furan rings is 2. The number of nitrogens with zero attached hydrogens (tertiary/aromatic N) is 1. The Hall–Kier alpha value is -7.10. The SMILES string of the molecule is c1ccc2c(c1)ccc1c3ccc(N(c4ccc5ccc6cc7oc8ccccc8c7cc6c5c4)c4cccc5oc6ccccc6c45)cc3ccc21. The Bertz CT molecular complexity index is 3480. The minimum atomic E-state index is 0.868. The van der Waals surface area contributed by atoms with Crippen LogP contribution >= 0.6 is 0 Å². The zero-order chi connectivity index (χ0) is 34.6. The highest BCUT2D eigenvalue weighted by atomic mass is 16.3. The summed E-state index contributed by atoms with van der Waals surface area (Å²) in [4.78, 5) is 2.40. The highest BCUT2D eigenvalue weighted by Crippen LogP contribution is 2.45. The van der Waals surface area contributed by atoms with Gasteiger partial charge in [-0.2, -0.15) is 0 Å². The van der Waals surface area contributed by atoms with Gasteiger partial charge >= 0.3 is 0 Å². The fraction of sp³-hybridized carbons (Fsp3) is 0. The Balaban J connectivity index is 1.13. The molecule has 0 N–H and O–H groups in total. The zero-order valence-electron chi connectivity index (χ0n) is 28.5. The zero-order valence-corrected chi connectivity index (χ0v) is 28.5. The summed E-state index contributed by atoms with van der Waals surface area (Å²) in [6.07, 6.45) is 0. The van der Waals surface area contributed by atoms with Crippen LogP contribution in [0.25, 0.3) is 97.7 Å². The maximum atomic E-state index is 6.43. The predicted octanol–water partition coefficient (Wildman–Crippen LogP) is 14.7. The normalized spacial score (nSPS) is 12.2. The minimum Gasteiger partial charge on any atom is -0.456 e. The molecule has 0 fully saturated rings. The quantitative estimate of drug-likeness (QED) is 0.175. The van der Waals surface area contributed by atoms with Crippen molar-refractivity contribution in [2.75, 3.05) is 4.90 Å². The number of fused-ring (bicyclic) bond motifs is 14. The van der Waals surface area contributed by atoms with E-state index in [0.29, 0.717) is 0 Å². The molecule has 0 aliphatic rings. The summed E-state index contributed by atoms with van der Waals surface area (Å²) in [5.41, 5.74) is 6.80. The van der Waals surface area contributed by atoms with Gasteiger partial charge in [0.2, 0.25) is 0 Å². The third-order valence-corrected chi connectivity index (χ3v) is 11.2. The van der Waals surface area contributed by atoms with Crippen molar-refractivity contribution in [2.24, 2.45) is 0 Å². The van der Waals surface area contributed by atoms with E-state index in [0.717, 1.165) is 66.3 Å². The Morgan fingerprint density at radius 2 is 0.830 bits per heavy atom. The second kappa shape index (κ2) is 10.7. The van der Waals surface area contributed by atoms with Gasteiger partial charge in [0.05, 0.1) is 11.1 Å². The smallest absolute Gasteiger partial charge is 0.137 e. The lowest BCUT2D eigenvalue weighted by molar-refractivity contribution is 0.669. The molecule has 0 saturated heterocycles. The number of anilines is 3. The van der Waals surface area contributed by atoms with Gasteiger partial charge in [-0.05, 0) is 115 Å². The summed E-state index contributed by atoms with van der Waals surface area (Å²) in [5, 5.41) is 16.7. The molecule has 0 saturated carbocycles. The van der Waals surface area contributed by atoms with E-state index in [2.05, 4.69) is 163 Å². The van der Waals surface area contributed by atoms with Crippen molar-refractivity contribution in [3.63, 3.8) is 0 Å². The molecule has 0 aliphatic carbocycles. The first-order valence-corrected chi connectivity index (χ1v) is 18.1. The molecule has 2 heterocycles. The molecule has 0 amide bonds. The van der Waals surface area contributed by atoms with E-state index in [1.54, 1.807) is 0 Å². The second-order valence-corrected chi connectivity index (χ2v) is 14.1. The monoisotopic (exact) mass is 675 g/mol. The van der Waals surface area contributed by atoms with E-state index in [1.807, 2.05) is 18.2 Å². The molecule has 0 spiro atoms. The average molecular weight is 676 g/mol. The van der Waals surface area contributed by atoms with Crippen molar-refractivity contribution in [3.05, 3.63) is 176 Å². The summed E-state index contributed by atoms with van der Waals surface area (Å²) >= 11 is 0. The molecule has 0 aliphatic heterocycles. The van der Waals surface area contributed by atoms with Gasteiger partial charge in [0, 0.05) is 27.5 Å². The van der Waals surface area contributed by atoms with Crippen molar-refractivity contribution in [1.29, 1.82) is 0 Å². The first-order chi connectivity index (χ1) is 26.2. The molecule has 0 radical (unpaired) electrons. The fourth-order valence-corrected chi connectivity index (χ4v) is 8.72. The lowest BCUT2D eigenvalue weighted by Crippen LogP contribution is -2.10. The molecule has 0 atom stereocenters. The van der Waals surface area contributed by atoms with Gasteiger partial charge in [0.15, 0.2) is 0 Å². The van der Waals surface area contributed by atoms with Gasteiger partial charge in [0.1, 0.15) is 22.3 Å². The van der Waals surface area contributed by atoms with Crippen molar-refractivity contribution in [1.82, 2.24) is 0 Å². The van der Waals surface area contributed by atoms with E-state index in [1.165, 1.54) is 48.5 Å². The number of para-hydroxylation sites is 2. The van der Waals surface area contributed by atoms with Crippen LogP contribution < -0.4 is 4.90 Å². The number of benzene rings is 10. The van der Waals surface area contributed by atoms with Crippen LogP contribution in [0.15, 0.2) is 185 Å². The van der Waals surface area contributed by atoms with Crippen LogP contribution in [0.2, 0.25) is 0 Å². The molecule has 0 unspecified atom stereocenters. The number of hydrogen-bond donors (Lipinski definition) is 0. The topological polar surface area (TPSA) is 29.5 Å². The van der Waals surface area contributed by atoms with E-state index < -0.39 is 0 Å². The molecule has 3 nitrogen and oxygen atoms in total. The van der Waals surface area contributed by atoms with Crippen LogP contribution in [-0.2, 0) is 0 Å². The minimum absolute atomic E-state index is 0.868. The number of hydrogen-bond acceptors (Lipinski definition) is 3. The van der Waals surface area contributed by atoms with Crippen molar-refractivity contribution in [2.45, 2.75) is 0 Å². The predicted molar refractivity (Wildman–Crippen MR) is 223 cm³/mol. The van der Waals surface area contributed by atoms with Gasteiger partial charge in [0.25, 0.3) is 0 Å². The van der Waals surface area contributed by atoms with Crippen molar-refractivity contribution >= 4 is 115 Å². The highest BCUT2D eigenvalue weighted by molar-refractivity contribution is 6.20. The summed E-state index contributed by atoms with van der Waals surface area (Å²) in [5.74, 6) is 0. The summed E-state index contributed by atoms with van der Waals surface area (Å²) < 4.78 is 12.7. The highest BCUT2D eigenvalue weighted by Gasteiger charge is 2.21. The van der Waals surface area contributed by atoms with Crippen LogP contribution in [-0.4, -0.2) is 0 Å². The van der Waals surface area contributed by atoms with E-state index in [9.17, 15) is 0 Å². The van der Waals surface area contributed by atoms with Gasteiger partial charge in [-0.15, -0.1) is 0 Å². The Kier molecular flexibility index (Phi) is 5.77. The van der Waals surface area contributed by atoms with Crippen LogP contribution in [0.5, 0.6) is 0 Å². The van der Waals surface area contributed by atoms with Gasteiger partial charge in [-0.3, -0.25) is 0 Å². The van der Waals surface area contributed by atoms with Gasteiger partial charge in [-0.25, -0.2) is 0 Å². The molecule has 12 aromatic rings. The van der Waals surface area contributed by atoms with E-state index >= 15 is 0 Å². The summed E-state index contributed by atoms with van der Waals surface area (Å²) in [6.45, 7) is 0. The maximum Gasteiger partial charge on any atom is 0.137 e. The maximum absolute atomic E-state index is 6.43. The molecule has 0 bridgehead atoms. The third kappa shape index (κ3) is 4.16. The average Bonchev–Trinajstić information content (AvgIpc) is 3.78. The van der Waals surface area contributed by atoms with Crippen molar-refractivity contribution < 1.29 is 8.83 Å². The third-order valence-electron chi connectivity index (χ3n) is 11.2. The standard InChI is InChI=1S/C50H29NO2/c1-2-9-36-30(8-1)19-23-39-37-25-22-34(26-32(37)20-24-38(36)39)51(45-12-7-15-48-50(45)41-11-4-6-14-47(41)52-48)35-21-18-31-16-17-33-27-49-44(29-43(33)42(31)28-35)40-10-3-5-13-46(40)53-49/h1-29H. The van der Waals surface area contributed by atoms with Crippen molar-refractivity contribution in [3.8, 4) is 0 Å². The van der Waals surface area contributed by atoms with Crippen LogP contribution in [0, 0.1) is 0 Å². The van der Waals surface area contributed by atoms with Crippen LogP contribution in [0.4, 0.5) is 17.1 Å². The Morgan fingerprint density at radius 3 is 1.72 bits per heavy atom. The van der Waals surface area contributed by atoms with E-state index in [-0.39, 0.29) is 0 Å². The first kappa shape index (κ1) is 28.6. The summed E-state index contributed by atoms with van der Waals surface area (Å²) in [7, 11) is 0. The molecular formula is C50H29NO2. The molecular weight excluding hydrogens is 647 g/mol. The van der Waals surface area contributed by atoms with E-state index in [4.69, 9.17) is 8.83 Å². The molecule has 10 aromatic carbocycles. The molecule has 3 heteroatoms. The molecule has 12 rings (SSSR count). The lowest BCUT2D eigenvalue weighted by atomic mass is 9.96.